The van der Waals surface area contributed by atoms with Crippen LogP contribution in [0.25, 0.3) is 5.69 Å². The first-order valence-corrected chi connectivity index (χ1v) is 11.0. The van der Waals surface area contributed by atoms with Crippen LogP contribution in [0.4, 0.5) is 4.39 Å². The molecule has 3 aromatic rings. The predicted molar refractivity (Wildman–Crippen MR) is 117 cm³/mol. The van der Waals surface area contributed by atoms with E-state index in [0.29, 0.717) is 55.4 Å². The average Bonchev–Trinajstić information content (AvgIpc) is 3.41. The predicted octanol–water partition coefficient (Wildman–Crippen LogP) is 1.13. The van der Waals surface area contributed by atoms with Gasteiger partial charge in [0, 0.05) is 39.1 Å². The lowest BCUT2D eigenvalue weighted by atomic mass is 10.1. The lowest BCUT2D eigenvalue weighted by molar-refractivity contribution is -0.133. The first-order valence-electron chi connectivity index (χ1n) is 11.0. The third-order valence-corrected chi connectivity index (χ3v) is 6.12. The van der Waals surface area contributed by atoms with Gasteiger partial charge < -0.3 is 4.90 Å². The lowest BCUT2D eigenvalue weighted by Gasteiger charge is -2.34. The molecule has 1 fully saturated rings. The fourth-order valence-electron chi connectivity index (χ4n) is 4.25. The van der Waals surface area contributed by atoms with Gasteiger partial charge in [0.05, 0.1) is 23.4 Å². The molecule has 0 spiro atoms. The molecule has 0 bridgehead atoms. The molecule has 3 amide bonds. The van der Waals surface area contributed by atoms with E-state index in [2.05, 4.69) is 20.4 Å². The Bertz CT molecular complexity index is 1200. The molecule has 0 N–H and O–H groups in total. The Hall–Kier alpha value is -3.99. The lowest BCUT2D eigenvalue weighted by Crippen LogP contribution is -2.49. The van der Waals surface area contributed by atoms with E-state index in [1.807, 2.05) is 0 Å². The van der Waals surface area contributed by atoms with Crippen molar-refractivity contribution in [3.05, 3.63) is 71.3 Å². The van der Waals surface area contributed by atoms with Crippen LogP contribution in [0.3, 0.4) is 0 Å². The molecule has 174 valence electrons. The number of carbonyl (C=O) groups excluding carboxylic acids is 3. The van der Waals surface area contributed by atoms with Gasteiger partial charge in [-0.1, -0.05) is 12.1 Å². The van der Waals surface area contributed by atoms with Gasteiger partial charge in [-0.25, -0.2) is 4.39 Å². The van der Waals surface area contributed by atoms with Gasteiger partial charge in [0.25, 0.3) is 11.8 Å². The smallest absolute Gasteiger partial charge is 0.261 e. The van der Waals surface area contributed by atoms with E-state index in [1.54, 1.807) is 46.0 Å². The number of aromatic nitrogens is 4. The highest BCUT2D eigenvalue weighted by atomic mass is 19.1. The number of rotatable bonds is 6. The Labute approximate surface area is 194 Å². The molecule has 0 radical (unpaired) electrons. The van der Waals surface area contributed by atoms with Crippen molar-refractivity contribution < 1.29 is 18.8 Å². The number of imide groups is 1. The van der Waals surface area contributed by atoms with Gasteiger partial charge in [0.1, 0.15) is 5.82 Å². The van der Waals surface area contributed by atoms with Gasteiger partial charge in [-0.2, -0.15) is 4.68 Å². The maximum Gasteiger partial charge on any atom is 0.261 e. The van der Waals surface area contributed by atoms with Crippen LogP contribution in [0.15, 0.2) is 48.5 Å². The summed E-state index contributed by atoms with van der Waals surface area (Å²) in [4.78, 5) is 42.7. The Morgan fingerprint density at radius 2 is 1.56 bits per heavy atom. The summed E-state index contributed by atoms with van der Waals surface area (Å²) < 4.78 is 14.8. The summed E-state index contributed by atoms with van der Waals surface area (Å²) in [7, 11) is 0. The molecule has 11 heteroatoms. The van der Waals surface area contributed by atoms with Crippen molar-refractivity contribution >= 4 is 17.7 Å². The van der Waals surface area contributed by atoms with Crippen molar-refractivity contribution in [1.82, 2.24) is 34.9 Å². The maximum absolute atomic E-state index is 13.2. The van der Waals surface area contributed by atoms with Crippen molar-refractivity contribution in [2.24, 2.45) is 0 Å². The van der Waals surface area contributed by atoms with E-state index in [9.17, 15) is 18.8 Å². The summed E-state index contributed by atoms with van der Waals surface area (Å²) in [5, 5.41) is 11.8. The van der Waals surface area contributed by atoms with Gasteiger partial charge in [-0.05, 0) is 46.8 Å². The Kier molecular flexibility index (Phi) is 5.84. The molecule has 0 aliphatic carbocycles. The number of halogens is 1. The molecule has 34 heavy (non-hydrogen) atoms. The molecule has 2 aliphatic rings. The van der Waals surface area contributed by atoms with Crippen molar-refractivity contribution in [2.75, 3.05) is 32.7 Å². The summed E-state index contributed by atoms with van der Waals surface area (Å²) in [6.07, 6.45) is 0.0915. The fourth-order valence-corrected chi connectivity index (χ4v) is 4.25. The minimum absolute atomic E-state index is 0.0673. The average molecular weight is 463 g/mol. The highest BCUT2D eigenvalue weighted by molar-refractivity contribution is 6.21. The van der Waals surface area contributed by atoms with E-state index in [1.165, 1.54) is 12.1 Å². The number of fused-ring (bicyclic) bond motifs is 1. The molecular weight excluding hydrogens is 441 g/mol. The topological polar surface area (TPSA) is 105 Å². The number of piperazine rings is 1. The Morgan fingerprint density at radius 1 is 0.912 bits per heavy atom. The number of benzene rings is 2. The van der Waals surface area contributed by atoms with Crippen LogP contribution >= 0.6 is 0 Å². The van der Waals surface area contributed by atoms with E-state index in [-0.39, 0.29) is 36.5 Å². The molecule has 2 aliphatic heterocycles. The maximum atomic E-state index is 13.2. The summed E-state index contributed by atoms with van der Waals surface area (Å²) in [5.41, 5.74) is 1.44. The van der Waals surface area contributed by atoms with Gasteiger partial charge in [0.15, 0.2) is 5.82 Å². The van der Waals surface area contributed by atoms with Crippen LogP contribution in [-0.2, 0) is 11.3 Å². The van der Waals surface area contributed by atoms with Crippen LogP contribution in [-0.4, -0.2) is 85.4 Å². The second-order valence-corrected chi connectivity index (χ2v) is 8.20. The summed E-state index contributed by atoms with van der Waals surface area (Å²) >= 11 is 0. The standard InChI is InChI=1S/C23H22FN7O3/c24-16-5-7-17(8-6-16)31-20(25-26-27-31)15-28-11-13-29(14-12-28)21(32)9-10-30-22(33)18-3-1-2-4-19(18)23(30)34/h1-8H,9-15H2. The van der Waals surface area contributed by atoms with Crippen LogP contribution in [0.2, 0.25) is 0 Å². The number of amides is 3. The summed E-state index contributed by atoms with van der Waals surface area (Å²) in [6.45, 7) is 2.88. The molecule has 2 aromatic carbocycles. The quantitative estimate of drug-likeness (QED) is 0.505. The zero-order valence-corrected chi connectivity index (χ0v) is 18.3. The fraction of sp³-hybridized carbons (Fsp3) is 0.304. The van der Waals surface area contributed by atoms with Gasteiger partial charge in [0.2, 0.25) is 5.91 Å². The number of tetrazole rings is 1. The normalized spacial score (nSPS) is 16.3. The third-order valence-electron chi connectivity index (χ3n) is 6.12. The zero-order chi connectivity index (χ0) is 23.7. The van der Waals surface area contributed by atoms with Crippen molar-refractivity contribution in [2.45, 2.75) is 13.0 Å². The number of carbonyl (C=O) groups is 3. The van der Waals surface area contributed by atoms with Crippen molar-refractivity contribution in [1.29, 1.82) is 0 Å². The van der Waals surface area contributed by atoms with Gasteiger partial charge >= 0.3 is 0 Å². The third kappa shape index (κ3) is 4.17. The molecule has 0 atom stereocenters. The zero-order valence-electron chi connectivity index (χ0n) is 18.3. The monoisotopic (exact) mass is 463 g/mol. The number of hydrogen-bond acceptors (Lipinski definition) is 7. The molecule has 3 heterocycles. The second kappa shape index (κ2) is 9.10. The molecule has 1 aromatic heterocycles. The van der Waals surface area contributed by atoms with Crippen LogP contribution in [0, 0.1) is 5.82 Å². The molecule has 0 unspecified atom stereocenters. The Morgan fingerprint density at radius 3 is 2.21 bits per heavy atom. The molecule has 0 saturated carbocycles. The Balaban J connectivity index is 1.13. The van der Waals surface area contributed by atoms with Gasteiger partial charge in [-0.3, -0.25) is 24.2 Å². The van der Waals surface area contributed by atoms with Crippen LogP contribution < -0.4 is 0 Å². The number of nitrogens with zero attached hydrogens (tertiary/aromatic N) is 7. The first-order chi connectivity index (χ1) is 16.5. The van der Waals surface area contributed by atoms with E-state index in [4.69, 9.17) is 0 Å². The van der Waals surface area contributed by atoms with Crippen LogP contribution in [0.1, 0.15) is 33.0 Å². The molecule has 1 saturated heterocycles. The van der Waals surface area contributed by atoms with Crippen molar-refractivity contribution in [3.8, 4) is 5.69 Å². The van der Waals surface area contributed by atoms with Gasteiger partial charge in [-0.15, -0.1) is 5.10 Å². The highest BCUT2D eigenvalue weighted by Gasteiger charge is 2.35. The van der Waals surface area contributed by atoms with Crippen molar-refractivity contribution in [3.63, 3.8) is 0 Å². The minimum Gasteiger partial charge on any atom is -0.340 e. The highest BCUT2D eigenvalue weighted by Crippen LogP contribution is 2.22. The summed E-state index contributed by atoms with van der Waals surface area (Å²) in [5.74, 6) is -0.499. The minimum atomic E-state index is -0.350. The SMILES string of the molecule is O=C(CCN1C(=O)c2ccccc2C1=O)N1CCN(Cc2nnnn2-c2ccc(F)cc2)CC1. The van der Waals surface area contributed by atoms with Crippen LogP contribution in [0.5, 0.6) is 0 Å². The van der Waals surface area contributed by atoms with E-state index < -0.39 is 0 Å². The molecular formula is C23H22FN7O3. The largest absolute Gasteiger partial charge is 0.340 e. The van der Waals surface area contributed by atoms with E-state index >= 15 is 0 Å². The molecule has 10 nitrogen and oxygen atoms in total. The second-order valence-electron chi connectivity index (χ2n) is 8.20. The molecule has 5 rings (SSSR count). The first kappa shape index (κ1) is 21.8. The number of hydrogen-bond donors (Lipinski definition) is 0. The van der Waals surface area contributed by atoms with E-state index in [0.717, 1.165) is 4.90 Å². The summed E-state index contributed by atoms with van der Waals surface area (Å²) in [6, 6.07) is 12.6.